The van der Waals surface area contributed by atoms with Crippen LogP contribution in [0, 0.1) is 0 Å². The molecule has 0 aromatic carbocycles. The van der Waals surface area contributed by atoms with Gasteiger partial charge in [-0.05, 0) is 25.7 Å². The number of likely N-dealkylation sites (tertiary alicyclic amines) is 1. The fourth-order valence-corrected chi connectivity index (χ4v) is 2.77. The third-order valence-corrected chi connectivity index (χ3v) is 3.74. The van der Waals surface area contributed by atoms with Crippen LogP contribution in [0.15, 0.2) is 0 Å². The summed E-state index contributed by atoms with van der Waals surface area (Å²) < 4.78 is 0. The van der Waals surface area contributed by atoms with Crippen molar-refractivity contribution in [3.8, 4) is 0 Å². The summed E-state index contributed by atoms with van der Waals surface area (Å²) in [6.45, 7) is 2.17. The van der Waals surface area contributed by atoms with E-state index in [1.54, 1.807) is 0 Å². The molecule has 3 N–H and O–H groups in total. The molecule has 3 heteroatoms. The number of nitrogens with zero attached hydrogens (tertiary/aromatic N) is 1. The molecule has 1 aliphatic carbocycles. The van der Waals surface area contributed by atoms with Crippen LogP contribution in [0.5, 0.6) is 0 Å². The van der Waals surface area contributed by atoms with Crippen molar-refractivity contribution in [2.45, 2.75) is 56.7 Å². The molecule has 14 heavy (non-hydrogen) atoms. The number of hydrogen-bond donors (Lipinski definition) is 2. The molecule has 0 unspecified atom stereocenters. The van der Waals surface area contributed by atoms with Crippen molar-refractivity contribution in [2.24, 2.45) is 5.73 Å². The van der Waals surface area contributed by atoms with Crippen molar-refractivity contribution in [2.75, 3.05) is 13.1 Å². The highest BCUT2D eigenvalue weighted by atomic mass is 16.3. The molecular formula is C11H22N2O. The highest BCUT2D eigenvalue weighted by molar-refractivity contribution is 4.86. The van der Waals surface area contributed by atoms with Crippen LogP contribution in [0.3, 0.4) is 0 Å². The van der Waals surface area contributed by atoms with Crippen LogP contribution in [0.25, 0.3) is 0 Å². The lowest BCUT2D eigenvalue weighted by Gasteiger charge is -2.40. The van der Waals surface area contributed by atoms with Crippen LogP contribution in [0.4, 0.5) is 0 Å². The molecule has 2 rings (SSSR count). The number of hydrogen-bond acceptors (Lipinski definition) is 3. The van der Waals surface area contributed by atoms with E-state index in [0.29, 0.717) is 12.1 Å². The fourth-order valence-electron chi connectivity index (χ4n) is 2.77. The number of aliphatic hydroxyl groups is 1. The maximum atomic E-state index is 9.91. The van der Waals surface area contributed by atoms with E-state index in [1.165, 1.54) is 19.3 Å². The minimum atomic E-state index is -0.0851. The zero-order chi connectivity index (χ0) is 9.97. The summed E-state index contributed by atoms with van der Waals surface area (Å²) in [6.07, 6.45) is 6.77. The summed E-state index contributed by atoms with van der Waals surface area (Å²) in [4.78, 5) is 2.45. The predicted molar refractivity (Wildman–Crippen MR) is 57.0 cm³/mol. The second-order valence-electron chi connectivity index (χ2n) is 4.79. The largest absolute Gasteiger partial charge is 0.391 e. The van der Waals surface area contributed by atoms with E-state index in [2.05, 4.69) is 4.90 Å². The summed E-state index contributed by atoms with van der Waals surface area (Å²) in [5.74, 6) is 0. The van der Waals surface area contributed by atoms with Gasteiger partial charge < -0.3 is 10.8 Å². The first-order chi connectivity index (χ1) is 6.77. The summed E-state index contributed by atoms with van der Waals surface area (Å²) in [5.41, 5.74) is 5.87. The molecule has 1 heterocycles. The van der Waals surface area contributed by atoms with Crippen molar-refractivity contribution in [3.63, 3.8) is 0 Å². The Morgan fingerprint density at radius 2 is 1.64 bits per heavy atom. The summed E-state index contributed by atoms with van der Waals surface area (Å²) >= 11 is 0. The number of aliphatic hydroxyl groups excluding tert-OH is 1. The highest BCUT2D eigenvalue weighted by Gasteiger charge is 2.30. The van der Waals surface area contributed by atoms with Gasteiger partial charge in [0, 0.05) is 25.2 Å². The number of piperidine rings is 1. The molecule has 0 amide bonds. The average Bonchev–Trinajstić information content (AvgIpc) is 2.20. The fraction of sp³-hybridized carbons (Fsp3) is 1.00. The SMILES string of the molecule is NC1CCN([C@@H]2CCCC[C@@H]2O)CC1. The second kappa shape index (κ2) is 4.60. The van der Waals surface area contributed by atoms with Gasteiger partial charge in [0.1, 0.15) is 0 Å². The molecule has 1 saturated heterocycles. The summed E-state index contributed by atoms with van der Waals surface area (Å²) in [7, 11) is 0. The lowest BCUT2D eigenvalue weighted by Crippen LogP contribution is -2.50. The summed E-state index contributed by atoms with van der Waals surface area (Å²) in [5, 5.41) is 9.91. The van der Waals surface area contributed by atoms with E-state index in [4.69, 9.17) is 5.73 Å². The van der Waals surface area contributed by atoms with E-state index in [0.717, 1.165) is 32.4 Å². The van der Waals surface area contributed by atoms with Gasteiger partial charge in [0.05, 0.1) is 6.10 Å². The first-order valence-corrected chi connectivity index (χ1v) is 5.95. The van der Waals surface area contributed by atoms with Crippen LogP contribution in [0.2, 0.25) is 0 Å². The molecule has 0 aromatic rings. The van der Waals surface area contributed by atoms with Crippen molar-refractivity contribution >= 4 is 0 Å². The van der Waals surface area contributed by atoms with Crippen molar-refractivity contribution in [1.29, 1.82) is 0 Å². The Bertz CT molecular complexity index is 178. The Hall–Kier alpha value is -0.120. The van der Waals surface area contributed by atoms with Crippen LogP contribution >= 0.6 is 0 Å². The van der Waals surface area contributed by atoms with Crippen molar-refractivity contribution in [3.05, 3.63) is 0 Å². The van der Waals surface area contributed by atoms with Crippen LogP contribution < -0.4 is 5.73 Å². The standard InChI is InChI=1S/C11H22N2O/c12-9-5-7-13(8-6-9)10-3-1-2-4-11(10)14/h9-11,14H,1-8,12H2/t10-,11+/m1/s1. The molecule has 0 bridgehead atoms. The van der Waals surface area contributed by atoms with Gasteiger partial charge in [-0.3, -0.25) is 4.90 Å². The van der Waals surface area contributed by atoms with E-state index in [9.17, 15) is 5.11 Å². The van der Waals surface area contributed by atoms with Crippen molar-refractivity contribution < 1.29 is 5.11 Å². The van der Waals surface area contributed by atoms with Gasteiger partial charge in [0.2, 0.25) is 0 Å². The minimum absolute atomic E-state index is 0.0851. The highest BCUT2D eigenvalue weighted by Crippen LogP contribution is 2.25. The molecule has 0 spiro atoms. The molecular weight excluding hydrogens is 176 g/mol. The first kappa shape index (κ1) is 10.4. The molecule has 3 nitrogen and oxygen atoms in total. The molecule has 1 aliphatic heterocycles. The van der Waals surface area contributed by atoms with E-state index in [1.807, 2.05) is 0 Å². The van der Waals surface area contributed by atoms with Crippen LogP contribution in [-0.2, 0) is 0 Å². The third-order valence-electron chi connectivity index (χ3n) is 3.74. The quantitative estimate of drug-likeness (QED) is 0.652. The van der Waals surface area contributed by atoms with Gasteiger partial charge in [-0.2, -0.15) is 0 Å². The molecule has 2 atom stereocenters. The summed E-state index contributed by atoms with van der Waals surface area (Å²) in [6, 6.07) is 0.822. The predicted octanol–water partition coefficient (Wildman–Crippen LogP) is 0.713. The Kier molecular flexibility index (Phi) is 3.42. The van der Waals surface area contributed by atoms with Gasteiger partial charge in [0.15, 0.2) is 0 Å². The smallest absolute Gasteiger partial charge is 0.0695 e. The van der Waals surface area contributed by atoms with Crippen LogP contribution in [-0.4, -0.2) is 41.3 Å². The van der Waals surface area contributed by atoms with Gasteiger partial charge in [-0.1, -0.05) is 12.8 Å². The maximum absolute atomic E-state index is 9.91. The van der Waals surface area contributed by atoms with Gasteiger partial charge >= 0.3 is 0 Å². The second-order valence-corrected chi connectivity index (χ2v) is 4.79. The normalized spacial score (nSPS) is 37.3. The lowest BCUT2D eigenvalue weighted by molar-refractivity contribution is 0.00907. The van der Waals surface area contributed by atoms with Gasteiger partial charge in [0.25, 0.3) is 0 Å². The molecule has 0 aromatic heterocycles. The Morgan fingerprint density at radius 1 is 1.00 bits per heavy atom. The average molecular weight is 198 g/mol. The third kappa shape index (κ3) is 2.27. The lowest BCUT2D eigenvalue weighted by atomic mass is 9.90. The molecule has 82 valence electrons. The molecule has 0 radical (unpaired) electrons. The Morgan fingerprint density at radius 3 is 2.29 bits per heavy atom. The topological polar surface area (TPSA) is 49.5 Å². The number of nitrogens with two attached hydrogens (primary N) is 1. The van der Waals surface area contributed by atoms with Gasteiger partial charge in [-0.15, -0.1) is 0 Å². The zero-order valence-corrected chi connectivity index (χ0v) is 8.86. The maximum Gasteiger partial charge on any atom is 0.0695 e. The van der Waals surface area contributed by atoms with E-state index in [-0.39, 0.29) is 6.10 Å². The number of rotatable bonds is 1. The minimum Gasteiger partial charge on any atom is -0.391 e. The Balaban J connectivity index is 1.87. The Labute approximate surface area is 86.3 Å². The van der Waals surface area contributed by atoms with E-state index < -0.39 is 0 Å². The van der Waals surface area contributed by atoms with E-state index >= 15 is 0 Å². The molecule has 2 aliphatic rings. The molecule has 2 fully saturated rings. The molecule has 1 saturated carbocycles. The van der Waals surface area contributed by atoms with Crippen LogP contribution in [0.1, 0.15) is 38.5 Å². The monoisotopic (exact) mass is 198 g/mol. The van der Waals surface area contributed by atoms with Crippen molar-refractivity contribution in [1.82, 2.24) is 4.90 Å². The first-order valence-electron chi connectivity index (χ1n) is 5.95. The van der Waals surface area contributed by atoms with Gasteiger partial charge in [-0.25, -0.2) is 0 Å². The zero-order valence-electron chi connectivity index (χ0n) is 8.86.